The third-order valence-corrected chi connectivity index (χ3v) is 2.15. The van der Waals surface area contributed by atoms with Gasteiger partial charge in [0.2, 0.25) is 5.91 Å². The van der Waals surface area contributed by atoms with Gasteiger partial charge in [0.1, 0.15) is 5.75 Å². The zero-order chi connectivity index (χ0) is 12.7. The van der Waals surface area contributed by atoms with Crippen molar-refractivity contribution in [2.24, 2.45) is 5.73 Å². The highest BCUT2D eigenvalue weighted by atomic mass is 16.3. The van der Waals surface area contributed by atoms with Crippen LogP contribution in [0, 0.1) is 0 Å². The van der Waals surface area contributed by atoms with Crippen LogP contribution in [0.4, 0.5) is 0 Å². The Balaban J connectivity index is 2.35. The van der Waals surface area contributed by atoms with Crippen molar-refractivity contribution in [1.82, 2.24) is 5.32 Å². The highest BCUT2D eigenvalue weighted by molar-refractivity contribution is 5.87. The Bertz CT molecular complexity index is 400. The number of carbonyl (C=O) groups is 1. The minimum absolute atomic E-state index is 0.0603. The van der Waals surface area contributed by atoms with Crippen LogP contribution in [0.3, 0.4) is 0 Å². The van der Waals surface area contributed by atoms with Gasteiger partial charge in [0.15, 0.2) is 0 Å². The van der Waals surface area contributed by atoms with Crippen molar-refractivity contribution in [2.75, 3.05) is 0 Å². The normalized spacial score (nSPS) is 12.6. The molecule has 0 aliphatic heterocycles. The van der Waals surface area contributed by atoms with E-state index in [1.807, 2.05) is 13.0 Å². The van der Waals surface area contributed by atoms with E-state index in [0.29, 0.717) is 13.0 Å². The van der Waals surface area contributed by atoms with Crippen molar-refractivity contribution < 1.29 is 9.90 Å². The van der Waals surface area contributed by atoms with Crippen LogP contribution >= 0.6 is 0 Å². The number of aromatic hydroxyl groups is 1. The van der Waals surface area contributed by atoms with Crippen LogP contribution in [0.1, 0.15) is 18.9 Å². The maximum atomic E-state index is 11.4. The summed E-state index contributed by atoms with van der Waals surface area (Å²) in [5, 5.41) is 12.0. The molecule has 92 valence electrons. The molecule has 4 heteroatoms. The van der Waals surface area contributed by atoms with Crippen molar-refractivity contribution in [3.05, 3.63) is 42.0 Å². The zero-order valence-electron chi connectivity index (χ0n) is 9.89. The molecule has 1 rings (SSSR count). The first-order valence-corrected chi connectivity index (χ1v) is 5.56. The second-order valence-corrected chi connectivity index (χ2v) is 4.00. The number of phenolic OH excluding ortho intramolecular Hbond substituents is 1. The molecule has 0 spiro atoms. The number of nitrogens with two attached hydrogens (primary N) is 1. The lowest BCUT2D eigenvalue weighted by atomic mass is 10.2. The maximum Gasteiger partial charge on any atom is 0.243 e. The van der Waals surface area contributed by atoms with Crippen molar-refractivity contribution in [2.45, 2.75) is 25.9 Å². The van der Waals surface area contributed by atoms with Crippen LogP contribution < -0.4 is 11.1 Å². The molecule has 0 fully saturated rings. The van der Waals surface area contributed by atoms with E-state index >= 15 is 0 Å². The summed E-state index contributed by atoms with van der Waals surface area (Å²) in [5.41, 5.74) is 6.41. The van der Waals surface area contributed by atoms with Crippen LogP contribution in [-0.2, 0) is 11.3 Å². The number of hydrogen-bond donors (Lipinski definition) is 3. The first kappa shape index (κ1) is 13.3. The van der Waals surface area contributed by atoms with E-state index in [-0.39, 0.29) is 17.7 Å². The molecule has 4 nitrogen and oxygen atoms in total. The fourth-order valence-corrected chi connectivity index (χ4v) is 1.30. The molecule has 1 aromatic rings. The maximum absolute atomic E-state index is 11.4. The van der Waals surface area contributed by atoms with Crippen LogP contribution in [0.5, 0.6) is 5.75 Å². The van der Waals surface area contributed by atoms with Crippen LogP contribution in [-0.4, -0.2) is 17.1 Å². The molecule has 1 aromatic carbocycles. The Hall–Kier alpha value is -1.81. The van der Waals surface area contributed by atoms with Crippen LogP contribution in [0.15, 0.2) is 36.4 Å². The first-order valence-electron chi connectivity index (χ1n) is 5.56. The van der Waals surface area contributed by atoms with Gasteiger partial charge in [-0.2, -0.15) is 0 Å². The molecule has 1 unspecified atom stereocenters. The zero-order valence-corrected chi connectivity index (χ0v) is 9.89. The summed E-state index contributed by atoms with van der Waals surface area (Å²) in [6.07, 6.45) is 3.91. The molecule has 0 aliphatic carbocycles. The molecule has 1 atom stereocenters. The predicted octanol–water partition coefficient (Wildman–Crippen LogP) is 1.30. The van der Waals surface area contributed by atoms with E-state index in [2.05, 4.69) is 5.32 Å². The molecule has 0 bridgehead atoms. The van der Waals surface area contributed by atoms with Crippen molar-refractivity contribution >= 4 is 5.91 Å². The second kappa shape index (κ2) is 6.70. The highest BCUT2D eigenvalue weighted by Gasteiger charge is 1.97. The summed E-state index contributed by atoms with van der Waals surface area (Å²) in [5.74, 6) is 0.0400. The highest BCUT2D eigenvalue weighted by Crippen LogP contribution is 2.10. The third kappa shape index (κ3) is 5.73. The number of rotatable bonds is 5. The number of hydrogen-bond acceptors (Lipinski definition) is 3. The molecule has 4 N–H and O–H groups in total. The lowest BCUT2D eigenvalue weighted by Gasteiger charge is -2.03. The van der Waals surface area contributed by atoms with Gasteiger partial charge in [-0.3, -0.25) is 4.79 Å². The number of benzene rings is 1. The standard InChI is InChI=1S/C13H18N2O2/c1-10(14)4-2-7-13(17)15-9-11-5-3-6-12(16)8-11/h2-3,5-8,10,16H,4,9,14H2,1H3,(H,15,17)/b7-2+. The fourth-order valence-electron chi connectivity index (χ4n) is 1.30. The number of amides is 1. The molecule has 0 saturated carbocycles. The minimum atomic E-state index is -0.158. The minimum Gasteiger partial charge on any atom is -0.508 e. The summed E-state index contributed by atoms with van der Waals surface area (Å²) in [6.45, 7) is 2.28. The molecule has 0 radical (unpaired) electrons. The average molecular weight is 234 g/mol. The number of carbonyl (C=O) groups excluding carboxylic acids is 1. The van der Waals surface area contributed by atoms with E-state index in [1.165, 1.54) is 6.08 Å². The molecule has 0 aliphatic rings. The SMILES string of the molecule is CC(N)C/C=C/C(=O)NCc1cccc(O)c1. The summed E-state index contributed by atoms with van der Waals surface area (Å²) in [4.78, 5) is 11.4. The lowest BCUT2D eigenvalue weighted by molar-refractivity contribution is -0.116. The Morgan fingerprint density at radius 3 is 3.00 bits per heavy atom. The van der Waals surface area contributed by atoms with Gasteiger partial charge in [0.25, 0.3) is 0 Å². The lowest BCUT2D eigenvalue weighted by Crippen LogP contribution is -2.20. The van der Waals surface area contributed by atoms with Gasteiger partial charge in [-0.15, -0.1) is 0 Å². The van der Waals surface area contributed by atoms with Gasteiger partial charge in [-0.05, 0) is 37.1 Å². The summed E-state index contributed by atoms with van der Waals surface area (Å²) in [7, 11) is 0. The fraction of sp³-hybridized carbons (Fsp3) is 0.308. The third-order valence-electron chi connectivity index (χ3n) is 2.15. The molecule has 0 aromatic heterocycles. The van der Waals surface area contributed by atoms with Crippen LogP contribution in [0.2, 0.25) is 0 Å². The molecule has 0 saturated heterocycles. The molecular weight excluding hydrogens is 216 g/mol. The summed E-state index contributed by atoms with van der Waals surface area (Å²) < 4.78 is 0. The van der Waals surface area contributed by atoms with E-state index < -0.39 is 0 Å². The first-order chi connectivity index (χ1) is 8.08. The van der Waals surface area contributed by atoms with Gasteiger partial charge in [0.05, 0.1) is 0 Å². The molecule has 1 amide bonds. The van der Waals surface area contributed by atoms with Gasteiger partial charge in [0, 0.05) is 12.6 Å². The van der Waals surface area contributed by atoms with Gasteiger partial charge in [-0.1, -0.05) is 18.2 Å². The largest absolute Gasteiger partial charge is 0.508 e. The average Bonchev–Trinajstić information content (AvgIpc) is 2.26. The van der Waals surface area contributed by atoms with Gasteiger partial charge >= 0.3 is 0 Å². The smallest absolute Gasteiger partial charge is 0.243 e. The Morgan fingerprint density at radius 2 is 2.35 bits per heavy atom. The number of phenols is 1. The summed E-state index contributed by atoms with van der Waals surface area (Å²) >= 11 is 0. The summed E-state index contributed by atoms with van der Waals surface area (Å²) in [6, 6.07) is 6.85. The Kier molecular flexibility index (Phi) is 5.23. The van der Waals surface area contributed by atoms with Crippen LogP contribution in [0.25, 0.3) is 0 Å². The Labute approximate surface area is 101 Å². The van der Waals surface area contributed by atoms with Gasteiger partial charge < -0.3 is 16.2 Å². The van der Waals surface area contributed by atoms with E-state index in [4.69, 9.17) is 5.73 Å². The molecule has 0 heterocycles. The van der Waals surface area contributed by atoms with E-state index in [9.17, 15) is 9.90 Å². The molecular formula is C13H18N2O2. The van der Waals surface area contributed by atoms with Crippen molar-refractivity contribution in [1.29, 1.82) is 0 Å². The second-order valence-electron chi connectivity index (χ2n) is 4.00. The van der Waals surface area contributed by atoms with E-state index in [0.717, 1.165) is 5.56 Å². The monoisotopic (exact) mass is 234 g/mol. The van der Waals surface area contributed by atoms with E-state index in [1.54, 1.807) is 24.3 Å². The quantitative estimate of drug-likeness (QED) is 0.672. The van der Waals surface area contributed by atoms with Crippen molar-refractivity contribution in [3.8, 4) is 5.75 Å². The van der Waals surface area contributed by atoms with Crippen molar-refractivity contribution in [3.63, 3.8) is 0 Å². The Morgan fingerprint density at radius 1 is 1.59 bits per heavy atom. The topological polar surface area (TPSA) is 75.4 Å². The number of nitrogens with one attached hydrogen (secondary N) is 1. The molecule has 17 heavy (non-hydrogen) atoms. The predicted molar refractivity (Wildman–Crippen MR) is 67.4 cm³/mol. The van der Waals surface area contributed by atoms with Gasteiger partial charge in [-0.25, -0.2) is 0 Å².